The monoisotopic (exact) mass is 366 g/mol. The molecule has 0 heterocycles. The third-order valence-corrected chi connectivity index (χ3v) is 3.10. The van der Waals surface area contributed by atoms with E-state index in [1.165, 1.54) is 12.1 Å². The molecule has 144 valence electrons. The van der Waals surface area contributed by atoms with Crippen molar-refractivity contribution >= 4 is 18.0 Å². The number of rotatable bonds is 7. The molecule has 2 amide bonds. The highest BCUT2D eigenvalue weighted by Gasteiger charge is 2.25. The number of amides is 2. The summed E-state index contributed by atoms with van der Waals surface area (Å²) in [7, 11) is 0. The summed E-state index contributed by atoms with van der Waals surface area (Å²) in [6.45, 7) is 6.71. The fourth-order valence-corrected chi connectivity index (χ4v) is 2.02. The Labute approximate surface area is 152 Å². The highest BCUT2D eigenvalue weighted by Crippen LogP contribution is 2.12. The Morgan fingerprint density at radius 1 is 1.15 bits per heavy atom. The van der Waals surface area contributed by atoms with E-state index in [4.69, 9.17) is 9.47 Å². The number of carbonyl (C=O) groups excluding carboxylic acids is 3. The fraction of sp³-hybridized carbons (Fsp3) is 0.500. The van der Waals surface area contributed by atoms with Gasteiger partial charge in [-0.15, -0.1) is 0 Å². The molecule has 26 heavy (non-hydrogen) atoms. The number of phenolic OH excluding ortho intramolecular Hbond substituents is 1. The molecule has 0 aliphatic heterocycles. The lowest BCUT2D eigenvalue weighted by Crippen LogP contribution is -2.50. The van der Waals surface area contributed by atoms with Crippen LogP contribution in [0.3, 0.4) is 0 Å². The van der Waals surface area contributed by atoms with Crippen LogP contribution in [0.1, 0.15) is 33.3 Å². The minimum atomic E-state index is -0.955. The van der Waals surface area contributed by atoms with Gasteiger partial charge >= 0.3 is 12.1 Å². The van der Waals surface area contributed by atoms with Crippen molar-refractivity contribution in [1.82, 2.24) is 10.6 Å². The summed E-state index contributed by atoms with van der Waals surface area (Å²) in [5, 5.41) is 14.3. The van der Waals surface area contributed by atoms with Crippen LogP contribution in [0.4, 0.5) is 4.79 Å². The van der Waals surface area contributed by atoms with Crippen LogP contribution in [-0.2, 0) is 25.5 Å². The van der Waals surface area contributed by atoms with Crippen molar-refractivity contribution in [1.29, 1.82) is 0 Å². The molecule has 8 nitrogen and oxygen atoms in total. The van der Waals surface area contributed by atoms with Gasteiger partial charge in [-0.2, -0.15) is 0 Å². The van der Waals surface area contributed by atoms with E-state index in [1.54, 1.807) is 39.8 Å². The number of hydrogen-bond donors (Lipinski definition) is 3. The van der Waals surface area contributed by atoms with Gasteiger partial charge in [0.15, 0.2) is 0 Å². The molecular formula is C18H26N2O6. The van der Waals surface area contributed by atoms with Crippen molar-refractivity contribution < 1.29 is 29.0 Å². The molecule has 3 N–H and O–H groups in total. The minimum absolute atomic E-state index is 0.0946. The molecule has 0 aliphatic rings. The Kier molecular flexibility index (Phi) is 7.89. The van der Waals surface area contributed by atoms with E-state index in [1.807, 2.05) is 0 Å². The fourth-order valence-electron chi connectivity index (χ4n) is 2.02. The van der Waals surface area contributed by atoms with E-state index in [-0.39, 0.29) is 25.3 Å². The average molecular weight is 366 g/mol. The molecule has 0 spiro atoms. The summed E-state index contributed by atoms with van der Waals surface area (Å²) in [6.07, 6.45) is -0.582. The lowest BCUT2D eigenvalue weighted by Gasteiger charge is -2.23. The molecule has 8 heteroatoms. The van der Waals surface area contributed by atoms with Crippen molar-refractivity contribution in [3.05, 3.63) is 29.8 Å². The number of esters is 1. The number of phenols is 1. The summed E-state index contributed by atoms with van der Waals surface area (Å²) in [6, 6.07) is 5.28. The van der Waals surface area contributed by atoms with Crippen LogP contribution in [-0.4, -0.2) is 47.9 Å². The SMILES string of the molecule is CCOC(=O)CNC(=O)[C@H](Cc1ccc(O)cc1)NC(=O)OC(C)(C)C. The maximum absolute atomic E-state index is 12.4. The largest absolute Gasteiger partial charge is 0.508 e. The Balaban J connectivity index is 2.79. The van der Waals surface area contributed by atoms with Crippen molar-refractivity contribution in [2.45, 2.75) is 45.8 Å². The van der Waals surface area contributed by atoms with Gasteiger partial charge in [-0.05, 0) is 45.4 Å². The van der Waals surface area contributed by atoms with Gasteiger partial charge in [0, 0.05) is 6.42 Å². The summed E-state index contributed by atoms with van der Waals surface area (Å²) in [5.41, 5.74) is 0.00401. The normalized spacial score (nSPS) is 12.0. The van der Waals surface area contributed by atoms with Crippen LogP contribution in [0, 0.1) is 0 Å². The van der Waals surface area contributed by atoms with E-state index in [9.17, 15) is 19.5 Å². The van der Waals surface area contributed by atoms with Gasteiger partial charge in [0.2, 0.25) is 5.91 Å². The van der Waals surface area contributed by atoms with Gasteiger partial charge in [0.05, 0.1) is 6.61 Å². The Morgan fingerprint density at radius 3 is 2.31 bits per heavy atom. The minimum Gasteiger partial charge on any atom is -0.508 e. The summed E-state index contributed by atoms with van der Waals surface area (Å²) in [5.74, 6) is -1.02. The third kappa shape index (κ3) is 8.36. The number of ether oxygens (including phenoxy) is 2. The third-order valence-electron chi connectivity index (χ3n) is 3.10. The van der Waals surface area contributed by atoms with E-state index >= 15 is 0 Å². The van der Waals surface area contributed by atoms with E-state index < -0.39 is 29.6 Å². The van der Waals surface area contributed by atoms with E-state index in [0.717, 1.165) is 5.56 Å². The standard InChI is InChI=1S/C18H26N2O6/c1-5-25-15(22)11-19-16(23)14(20-17(24)26-18(2,3)4)10-12-6-8-13(21)9-7-12/h6-9,14,21H,5,10-11H2,1-4H3,(H,19,23)(H,20,24)/t14-/m0/s1. The van der Waals surface area contributed by atoms with Crippen LogP contribution >= 0.6 is 0 Å². The summed E-state index contributed by atoms with van der Waals surface area (Å²) in [4.78, 5) is 35.8. The molecule has 0 saturated heterocycles. The lowest BCUT2D eigenvalue weighted by atomic mass is 10.1. The van der Waals surface area contributed by atoms with Gasteiger partial charge in [-0.3, -0.25) is 9.59 Å². The average Bonchev–Trinajstić information content (AvgIpc) is 2.52. The Hall–Kier alpha value is -2.77. The van der Waals surface area contributed by atoms with E-state index in [0.29, 0.717) is 0 Å². The molecule has 0 aromatic heterocycles. The molecule has 1 atom stereocenters. The second-order valence-corrected chi connectivity index (χ2v) is 6.59. The van der Waals surface area contributed by atoms with Crippen molar-refractivity contribution in [2.75, 3.05) is 13.2 Å². The molecule has 0 bridgehead atoms. The van der Waals surface area contributed by atoms with Gasteiger partial charge in [0.1, 0.15) is 23.9 Å². The molecule has 1 aromatic rings. The number of carbonyl (C=O) groups is 3. The van der Waals surface area contributed by atoms with Crippen molar-refractivity contribution in [2.24, 2.45) is 0 Å². The lowest BCUT2D eigenvalue weighted by molar-refractivity contribution is -0.143. The van der Waals surface area contributed by atoms with Gasteiger partial charge in [-0.25, -0.2) is 4.79 Å². The summed E-state index contributed by atoms with van der Waals surface area (Å²) < 4.78 is 9.93. The van der Waals surface area contributed by atoms with Crippen LogP contribution in [0.2, 0.25) is 0 Å². The zero-order valence-electron chi connectivity index (χ0n) is 15.5. The zero-order valence-corrected chi connectivity index (χ0v) is 15.5. The maximum atomic E-state index is 12.4. The van der Waals surface area contributed by atoms with Crippen molar-refractivity contribution in [3.8, 4) is 5.75 Å². The Morgan fingerprint density at radius 2 is 1.77 bits per heavy atom. The zero-order chi connectivity index (χ0) is 19.7. The first-order valence-electron chi connectivity index (χ1n) is 8.31. The molecule has 0 saturated carbocycles. The van der Waals surface area contributed by atoms with Crippen LogP contribution in [0.15, 0.2) is 24.3 Å². The second kappa shape index (κ2) is 9.65. The number of benzene rings is 1. The van der Waals surface area contributed by atoms with Gasteiger partial charge in [0.25, 0.3) is 0 Å². The first-order chi connectivity index (χ1) is 12.1. The van der Waals surface area contributed by atoms with Crippen molar-refractivity contribution in [3.63, 3.8) is 0 Å². The number of hydrogen-bond acceptors (Lipinski definition) is 6. The molecule has 0 fully saturated rings. The molecule has 0 unspecified atom stereocenters. The molecule has 0 radical (unpaired) electrons. The molecule has 1 rings (SSSR count). The predicted octanol–water partition coefficient (Wildman–Crippen LogP) is 1.51. The number of aromatic hydroxyl groups is 1. The maximum Gasteiger partial charge on any atom is 0.408 e. The molecule has 0 aliphatic carbocycles. The number of alkyl carbamates (subject to hydrolysis) is 1. The molecular weight excluding hydrogens is 340 g/mol. The van der Waals surface area contributed by atoms with E-state index in [2.05, 4.69) is 10.6 Å². The topological polar surface area (TPSA) is 114 Å². The number of nitrogens with one attached hydrogen (secondary N) is 2. The highest BCUT2D eigenvalue weighted by atomic mass is 16.6. The predicted molar refractivity (Wildman–Crippen MR) is 94.6 cm³/mol. The first kappa shape index (κ1) is 21.3. The summed E-state index contributed by atoms with van der Waals surface area (Å²) >= 11 is 0. The quantitative estimate of drug-likeness (QED) is 0.630. The smallest absolute Gasteiger partial charge is 0.408 e. The molecule has 1 aromatic carbocycles. The van der Waals surface area contributed by atoms with Crippen LogP contribution < -0.4 is 10.6 Å². The van der Waals surface area contributed by atoms with Crippen LogP contribution in [0.5, 0.6) is 5.75 Å². The second-order valence-electron chi connectivity index (χ2n) is 6.59. The Bertz CT molecular complexity index is 622. The highest BCUT2D eigenvalue weighted by molar-refractivity contribution is 5.88. The van der Waals surface area contributed by atoms with Gasteiger partial charge in [-0.1, -0.05) is 12.1 Å². The first-order valence-corrected chi connectivity index (χ1v) is 8.31. The van der Waals surface area contributed by atoms with Gasteiger partial charge < -0.3 is 25.2 Å². The van der Waals surface area contributed by atoms with Crippen LogP contribution in [0.25, 0.3) is 0 Å².